The monoisotopic (exact) mass is 520 g/mol. The molecule has 1 aromatic heterocycles. The molecule has 37 heavy (non-hydrogen) atoms. The van der Waals surface area contributed by atoms with Gasteiger partial charge in [0.25, 0.3) is 0 Å². The molecule has 3 N–H and O–H groups in total. The van der Waals surface area contributed by atoms with Crippen molar-refractivity contribution in [3.8, 4) is 6.07 Å². The predicted molar refractivity (Wildman–Crippen MR) is 145 cm³/mol. The van der Waals surface area contributed by atoms with E-state index in [0.717, 1.165) is 55.5 Å². The van der Waals surface area contributed by atoms with Gasteiger partial charge in [0.2, 0.25) is 5.95 Å². The van der Waals surface area contributed by atoms with Crippen LogP contribution in [0.5, 0.6) is 0 Å². The molecule has 2 aromatic rings. The zero-order chi connectivity index (χ0) is 25.2. The molecule has 7 rings (SSSR count). The van der Waals surface area contributed by atoms with Gasteiger partial charge in [-0.25, -0.2) is 4.98 Å². The fourth-order valence-electron chi connectivity index (χ4n) is 7.77. The number of halogens is 1. The summed E-state index contributed by atoms with van der Waals surface area (Å²) < 4.78 is 5.55. The van der Waals surface area contributed by atoms with E-state index in [1.165, 1.54) is 44.9 Å². The van der Waals surface area contributed by atoms with Gasteiger partial charge in [0.1, 0.15) is 17.5 Å². The van der Waals surface area contributed by atoms with Crippen LogP contribution in [0.1, 0.15) is 56.1 Å². The van der Waals surface area contributed by atoms with Crippen LogP contribution in [-0.2, 0) is 11.3 Å². The molecule has 4 aliphatic carbocycles. The Hall–Kier alpha value is -2.40. The third-order valence-electron chi connectivity index (χ3n) is 9.32. The summed E-state index contributed by atoms with van der Waals surface area (Å²) in [5.41, 5.74) is 1.78. The lowest BCUT2D eigenvalue weighted by molar-refractivity contribution is -0.0709. The Morgan fingerprint density at radius 3 is 2.62 bits per heavy atom. The van der Waals surface area contributed by atoms with E-state index in [1.54, 1.807) is 6.20 Å². The van der Waals surface area contributed by atoms with Crippen LogP contribution in [0, 0.1) is 40.4 Å². The van der Waals surface area contributed by atoms with Gasteiger partial charge in [-0.15, -0.1) is 0 Å². The fourth-order valence-corrected chi connectivity index (χ4v) is 7.97. The summed E-state index contributed by atoms with van der Waals surface area (Å²) in [6, 6.07) is 10.7. The van der Waals surface area contributed by atoms with E-state index < -0.39 is 0 Å². The maximum absolute atomic E-state index is 9.69. The van der Waals surface area contributed by atoms with E-state index in [-0.39, 0.29) is 0 Å². The van der Waals surface area contributed by atoms with E-state index in [0.29, 0.717) is 40.4 Å². The van der Waals surface area contributed by atoms with Crippen LogP contribution in [0.4, 0.5) is 11.8 Å². The van der Waals surface area contributed by atoms with E-state index in [4.69, 9.17) is 16.3 Å². The summed E-state index contributed by atoms with van der Waals surface area (Å²) in [5.74, 6) is 4.27. The van der Waals surface area contributed by atoms with Crippen LogP contribution < -0.4 is 16.0 Å². The Kier molecular flexibility index (Phi) is 7.25. The second-order valence-corrected chi connectivity index (χ2v) is 12.2. The first-order chi connectivity index (χ1) is 18.1. The van der Waals surface area contributed by atoms with Gasteiger partial charge in [-0.2, -0.15) is 10.2 Å². The molecule has 1 saturated heterocycles. The molecule has 7 nitrogen and oxygen atoms in total. The summed E-state index contributed by atoms with van der Waals surface area (Å²) in [5, 5.41) is 21.3. The topological polar surface area (TPSA) is 94.9 Å². The number of aromatic nitrogens is 2. The maximum Gasteiger partial charge on any atom is 0.224 e. The molecule has 0 radical (unpaired) electrons. The quantitative estimate of drug-likeness (QED) is 0.416. The number of nitrogens with zero attached hydrogens (tertiary/aromatic N) is 3. The van der Waals surface area contributed by atoms with Crippen molar-refractivity contribution in [2.24, 2.45) is 29.1 Å². The van der Waals surface area contributed by atoms with E-state index in [2.05, 4.69) is 32.0 Å². The molecule has 2 heterocycles. The summed E-state index contributed by atoms with van der Waals surface area (Å²) in [6.45, 7) is 4.39. The first kappa shape index (κ1) is 24.9. The average Bonchev–Trinajstić information content (AvgIpc) is 2.91. The molecule has 5 atom stereocenters. The molecule has 4 bridgehead atoms. The second kappa shape index (κ2) is 10.8. The van der Waals surface area contributed by atoms with Crippen LogP contribution in [0.2, 0.25) is 5.02 Å². The van der Waals surface area contributed by atoms with Crippen LogP contribution in [0.25, 0.3) is 0 Å². The molecule has 196 valence electrons. The van der Waals surface area contributed by atoms with Gasteiger partial charge in [-0.1, -0.05) is 29.8 Å². The summed E-state index contributed by atoms with van der Waals surface area (Å²) in [7, 11) is 0. The van der Waals surface area contributed by atoms with Gasteiger partial charge in [0.15, 0.2) is 0 Å². The fraction of sp³-hybridized carbons (Fsp3) is 0.621. The molecule has 0 amide bonds. The van der Waals surface area contributed by atoms with E-state index in [1.807, 2.05) is 24.3 Å². The Labute approximate surface area is 224 Å². The molecule has 8 heteroatoms. The third-order valence-corrected chi connectivity index (χ3v) is 9.69. The minimum Gasteiger partial charge on any atom is -0.381 e. The van der Waals surface area contributed by atoms with Gasteiger partial charge in [0, 0.05) is 37.4 Å². The van der Waals surface area contributed by atoms with E-state index in [9.17, 15) is 5.26 Å². The molecule has 1 aromatic carbocycles. The number of anilines is 2. The molecular weight excluding hydrogens is 484 g/mol. The van der Waals surface area contributed by atoms with Crippen molar-refractivity contribution >= 4 is 23.4 Å². The number of benzene rings is 1. The largest absolute Gasteiger partial charge is 0.381 e. The predicted octanol–water partition coefficient (Wildman–Crippen LogP) is 5.24. The molecule has 0 spiro atoms. The number of nitrogens with one attached hydrogen (secondary N) is 3. The van der Waals surface area contributed by atoms with Crippen molar-refractivity contribution in [2.75, 3.05) is 36.9 Å². The molecule has 4 saturated carbocycles. The maximum atomic E-state index is 9.69. The lowest BCUT2D eigenvalue weighted by atomic mass is 9.48. The standard InChI is InChI=1S/C29H37ClN6O/c30-25-4-2-1-3-21(25)16-33-28-34-17-24(14-31)27(36-28)35-18-29-11-20-9-22(12-29)26(23(10-20)13-29)32-15-19-5-7-37-8-6-19/h1-4,17,19-20,22-23,26,32H,5-13,15-16,18H2,(H2,33,34,35,36)/t20?,22-,23+,26-,29-. The number of ether oxygens (including phenoxy) is 1. The SMILES string of the molecule is N#Cc1cnc(NCc2ccccc2Cl)nc1NC[C@]12CC3C[C@H](C1)[C@@H](NCC1CCOCC1)[C@@H](C3)C2. The highest BCUT2D eigenvalue weighted by Gasteiger charge is 2.55. The van der Waals surface area contributed by atoms with Crippen LogP contribution >= 0.6 is 11.6 Å². The smallest absolute Gasteiger partial charge is 0.224 e. The number of hydrogen-bond acceptors (Lipinski definition) is 7. The highest BCUT2D eigenvalue weighted by atomic mass is 35.5. The third kappa shape index (κ3) is 5.43. The first-order valence-electron chi connectivity index (χ1n) is 13.9. The second-order valence-electron chi connectivity index (χ2n) is 11.8. The lowest BCUT2D eigenvalue weighted by Crippen LogP contribution is -2.60. The van der Waals surface area contributed by atoms with Crippen molar-refractivity contribution < 1.29 is 4.74 Å². The molecule has 1 aliphatic heterocycles. The van der Waals surface area contributed by atoms with Crippen molar-refractivity contribution in [3.63, 3.8) is 0 Å². The van der Waals surface area contributed by atoms with Crippen molar-refractivity contribution in [3.05, 3.63) is 46.6 Å². The highest BCUT2D eigenvalue weighted by Crippen LogP contribution is 2.60. The Bertz CT molecular complexity index is 1130. The van der Waals surface area contributed by atoms with Crippen LogP contribution in [0.3, 0.4) is 0 Å². The summed E-state index contributed by atoms with van der Waals surface area (Å²) >= 11 is 6.29. The average molecular weight is 521 g/mol. The van der Waals surface area contributed by atoms with Crippen LogP contribution in [0.15, 0.2) is 30.5 Å². The van der Waals surface area contributed by atoms with E-state index >= 15 is 0 Å². The number of nitriles is 1. The van der Waals surface area contributed by atoms with Gasteiger partial charge in [-0.05, 0) is 92.2 Å². The number of hydrogen-bond donors (Lipinski definition) is 3. The van der Waals surface area contributed by atoms with Gasteiger partial charge >= 0.3 is 0 Å². The minimum absolute atomic E-state index is 0.302. The van der Waals surface area contributed by atoms with Gasteiger partial charge < -0.3 is 20.7 Å². The highest BCUT2D eigenvalue weighted by molar-refractivity contribution is 6.31. The Balaban J connectivity index is 1.09. The normalized spacial score (nSPS) is 30.7. The summed E-state index contributed by atoms with van der Waals surface area (Å²) in [6.07, 6.45) is 10.6. The van der Waals surface area contributed by atoms with Crippen molar-refractivity contribution in [1.29, 1.82) is 5.26 Å². The molecule has 1 unspecified atom stereocenters. The number of rotatable bonds is 9. The van der Waals surface area contributed by atoms with Gasteiger partial charge in [-0.3, -0.25) is 0 Å². The van der Waals surface area contributed by atoms with Gasteiger partial charge in [0.05, 0.1) is 6.20 Å². The zero-order valence-corrected chi connectivity index (χ0v) is 22.1. The minimum atomic E-state index is 0.302. The lowest BCUT2D eigenvalue weighted by Gasteiger charge is -2.60. The zero-order valence-electron chi connectivity index (χ0n) is 21.4. The molecule has 5 aliphatic rings. The molecule has 5 fully saturated rings. The Morgan fingerprint density at radius 1 is 1.08 bits per heavy atom. The first-order valence-corrected chi connectivity index (χ1v) is 14.3. The Morgan fingerprint density at radius 2 is 1.86 bits per heavy atom. The molecular formula is C29H37ClN6O. The van der Waals surface area contributed by atoms with Crippen LogP contribution in [-0.4, -0.2) is 42.3 Å². The summed E-state index contributed by atoms with van der Waals surface area (Å²) in [4.78, 5) is 9.03. The van der Waals surface area contributed by atoms with Crippen molar-refractivity contribution in [2.45, 2.75) is 57.5 Å². The van der Waals surface area contributed by atoms with Crippen molar-refractivity contribution in [1.82, 2.24) is 15.3 Å².